The molecule has 0 spiro atoms. The van der Waals surface area contributed by atoms with Crippen LogP contribution in [0.25, 0.3) is 39.5 Å². The smallest absolute Gasteiger partial charge is 0.199 e. The highest BCUT2D eigenvalue weighted by molar-refractivity contribution is 5.90. The molecule has 8 heteroatoms. The number of pyridine rings is 1. The number of aryl methyl sites for hydroxylation is 2. The predicted octanol–water partition coefficient (Wildman–Crippen LogP) is 6.11. The molecule has 41 heavy (non-hydrogen) atoms. The highest BCUT2D eigenvalue weighted by atomic mass is 15.3. The number of benzene rings is 2. The van der Waals surface area contributed by atoms with Crippen LogP contribution in [-0.4, -0.2) is 54.6 Å². The van der Waals surface area contributed by atoms with E-state index in [1.807, 2.05) is 38.2 Å². The second-order valence-electron chi connectivity index (χ2n) is 10.8. The second-order valence-corrected chi connectivity index (χ2v) is 10.8. The number of H-pyrrole nitrogens is 1. The minimum absolute atomic E-state index is 0.357. The lowest BCUT2D eigenvalue weighted by Crippen LogP contribution is -2.44. The first-order valence-electron chi connectivity index (χ1n) is 14.0. The quantitative estimate of drug-likeness (QED) is 0.254. The summed E-state index contributed by atoms with van der Waals surface area (Å²) in [6.07, 6.45) is 2.13. The third-order valence-electron chi connectivity index (χ3n) is 7.77. The number of fused-ring (bicyclic) bond motifs is 1. The number of aromatic nitrogens is 6. The molecule has 6 aromatic rings. The van der Waals surface area contributed by atoms with Crippen LogP contribution in [0.15, 0.2) is 85.1 Å². The van der Waals surface area contributed by atoms with Crippen molar-refractivity contribution >= 4 is 11.5 Å². The van der Waals surface area contributed by atoms with Gasteiger partial charge in [0, 0.05) is 55.6 Å². The van der Waals surface area contributed by atoms with Crippen LogP contribution in [0, 0.1) is 13.8 Å². The molecule has 0 unspecified atom stereocenters. The van der Waals surface area contributed by atoms with E-state index in [1.165, 1.54) is 11.1 Å². The van der Waals surface area contributed by atoms with E-state index in [9.17, 15) is 0 Å². The molecule has 2 N–H and O–H groups in total. The highest BCUT2D eigenvalue weighted by Gasteiger charge is 2.31. The number of nitrogens with one attached hydrogen (secondary N) is 2. The van der Waals surface area contributed by atoms with E-state index in [1.54, 1.807) is 0 Å². The van der Waals surface area contributed by atoms with Gasteiger partial charge in [0.05, 0.1) is 5.69 Å². The first-order chi connectivity index (χ1) is 20.1. The summed E-state index contributed by atoms with van der Waals surface area (Å²) in [7, 11) is 1.98. The van der Waals surface area contributed by atoms with Crippen LogP contribution in [0.1, 0.15) is 28.6 Å². The van der Waals surface area contributed by atoms with Gasteiger partial charge in [-0.3, -0.25) is 14.4 Å². The molecular formula is C33H32N8. The lowest BCUT2D eigenvalue weighted by atomic mass is 9.97. The highest BCUT2D eigenvalue weighted by Crippen LogP contribution is 2.38. The molecule has 0 aliphatic carbocycles. The molecule has 0 atom stereocenters. The Labute approximate surface area is 239 Å². The maximum atomic E-state index is 5.13. The standard InChI is InChI=1S/C33H32N8/c1-21-16-28-36-30(29(24-9-5-4-6-10-24)33(34-3)41(28)17-21)25-14-12-23(13-15-25)18-40-19-26(20-40)31-37-32(39-38-31)27-11-7-8-22(2)35-27/h4-17,26,34H,18-20H2,1-3H3,(H,37,38,39). The fourth-order valence-corrected chi connectivity index (χ4v) is 5.72. The van der Waals surface area contributed by atoms with Gasteiger partial charge >= 0.3 is 0 Å². The summed E-state index contributed by atoms with van der Waals surface area (Å²) in [6.45, 7) is 6.89. The molecule has 1 aliphatic rings. The van der Waals surface area contributed by atoms with Crippen LogP contribution in [0.5, 0.6) is 0 Å². The van der Waals surface area contributed by atoms with E-state index in [4.69, 9.17) is 9.97 Å². The van der Waals surface area contributed by atoms with Crippen molar-refractivity contribution in [2.24, 2.45) is 0 Å². The van der Waals surface area contributed by atoms with Crippen molar-refractivity contribution in [3.8, 4) is 33.9 Å². The number of rotatable bonds is 7. The minimum Gasteiger partial charge on any atom is -0.374 e. The number of aromatic amines is 1. The van der Waals surface area contributed by atoms with Gasteiger partial charge in [0.1, 0.15) is 23.0 Å². The summed E-state index contributed by atoms with van der Waals surface area (Å²) in [5, 5.41) is 11.0. The Kier molecular flexibility index (Phi) is 6.32. The Bertz CT molecular complexity index is 1830. The van der Waals surface area contributed by atoms with Crippen molar-refractivity contribution in [1.29, 1.82) is 0 Å². The SMILES string of the molecule is CNc1c(-c2ccccc2)c(-c2ccc(CN3CC(c4nc(-c5cccc(C)n5)n[nH]4)C3)cc2)nc2cc(C)cn12. The van der Waals surface area contributed by atoms with E-state index in [2.05, 4.69) is 97.5 Å². The van der Waals surface area contributed by atoms with Gasteiger partial charge in [-0.1, -0.05) is 60.7 Å². The monoisotopic (exact) mass is 540 g/mol. The molecule has 0 saturated carbocycles. The van der Waals surface area contributed by atoms with Crippen LogP contribution in [0.3, 0.4) is 0 Å². The number of likely N-dealkylation sites (tertiary alicyclic amines) is 1. The average Bonchev–Trinajstić information content (AvgIpc) is 3.61. The zero-order valence-corrected chi connectivity index (χ0v) is 23.5. The topological polar surface area (TPSA) is 87.0 Å². The predicted molar refractivity (Wildman–Crippen MR) is 163 cm³/mol. The molecule has 0 bridgehead atoms. The van der Waals surface area contributed by atoms with E-state index in [0.717, 1.165) is 70.7 Å². The third-order valence-corrected chi connectivity index (χ3v) is 7.77. The Hall–Kier alpha value is -4.82. The molecule has 7 rings (SSSR count). The van der Waals surface area contributed by atoms with E-state index >= 15 is 0 Å². The lowest BCUT2D eigenvalue weighted by molar-refractivity contribution is 0.135. The Morgan fingerprint density at radius 3 is 2.44 bits per heavy atom. The fraction of sp³-hybridized carbons (Fsp3) is 0.212. The van der Waals surface area contributed by atoms with Gasteiger partial charge < -0.3 is 5.32 Å². The van der Waals surface area contributed by atoms with Crippen LogP contribution >= 0.6 is 0 Å². The molecule has 8 nitrogen and oxygen atoms in total. The van der Waals surface area contributed by atoms with Crippen molar-refractivity contribution in [3.05, 3.63) is 108 Å². The zero-order valence-electron chi connectivity index (χ0n) is 23.5. The van der Waals surface area contributed by atoms with Gasteiger partial charge in [-0.05, 0) is 48.7 Å². The van der Waals surface area contributed by atoms with Gasteiger partial charge in [-0.2, -0.15) is 5.10 Å². The summed E-state index contributed by atoms with van der Waals surface area (Å²) in [5.74, 6) is 2.99. The number of hydrogen-bond acceptors (Lipinski definition) is 6. The molecule has 5 heterocycles. The first kappa shape index (κ1) is 25.2. The van der Waals surface area contributed by atoms with Gasteiger partial charge in [0.25, 0.3) is 0 Å². The maximum absolute atomic E-state index is 5.13. The van der Waals surface area contributed by atoms with Gasteiger partial charge in [0.15, 0.2) is 5.82 Å². The number of anilines is 1. The van der Waals surface area contributed by atoms with Crippen molar-refractivity contribution in [2.75, 3.05) is 25.5 Å². The molecule has 0 radical (unpaired) electrons. The Balaban J connectivity index is 1.10. The molecule has 2 aromatic carbocycles. The molecule has 204 valence electrons. The molecular weight excluding hydrogens is 508 g/mol. The summed E-state index contributed by atoms with van der Waals surface area (Å²) in [4.78, 5) is 16.8. The van der Waals surface area contributed by atoms with Crippen molar-refractivity contribution in [2.45, 2.75) is 26.3 Å². The summed E-state index contributed by atoms with van der Waals surface area (Å²) >= 11 is 0. The average molecular weight is 541 g/mol. The minimum atomic E-state index is 0.357. The Morgan fingerprint density at radius 2 is 1.68 bits per heavy atom. The van der Waals surface area contributed by atoms with Crippen molar-refractivity contribution in [1.82, 2.24) is 34.4 Å². The van der Waals surface area contributed by atoms with Gasteiger partial charge in [0.2, 0.25) is 0 Å². The molecule has 4 aromatic heterocycles. The van der Waals surface area contributed by atoms with E-state index < -0.39 is 0 Å². The van der Waals surface area contributed by atoms with Crippen molar-refractivity contribution in [3.63, 3.8) is 0 Å². The van der Waals surface area contributed by atoms with Gasteiger partial charge in [-0.25, -0.2) is 15.0 Å². The van der Waals surface area contributed by atoms with Gasteiger partial charge in [-0.15, -0.1) is 0 Å². The second kappa shape index (κ2) is 10.3. The summed E-state index contributed by atoms with van der Waals surface area (Å²) in [6, 6.07) is 27.4. The fourth-order valence-electron chi connectivity index (χ4n) is 5.72. The molecule has 1 saturated heterocycles. The molecule has 1 fully saturated rings. The Morgan fingerprint density at radius 1 is 0.878 bits per heavy atom. The maximum Gasteiger partial charge on any atom is 0.199 e. The van der Waals surface area contributed by atoms with E-state index in [-0.39, 0.29) is 0 Å². The largest absolute Gasteiger partial charge is 0.374 e. The summed E-state index contributed by atoms with van der Waals surface area (Å²) in [5.41, 5.74) is 9.49. The van der Waals surface area contributed by atoms with Crippen molar-refractivity contribution < 1.29 is 0 Å². The van der Waals surface area contributed by atoms with Crippen LogP contribution in [-0.2, 0) is 6.54 Å². The molecule has 1 aliphatic heterocycles. The normalized spacial score (nSPS) is 13.9. The zero-order chi connectivity index (χ0) is 27.9. The third kappa shape index (κ3) is 4.76. The number of nitrogens with zero attached hydrogens (tertiary/aromatic N) is 6. The van der Waals surface area contributed by atoms with Crippen LogP contribution in [0.4, 0.5) is 5.82 Å². The first-order valence-corrected chi connectivity index (χ1v) is 14.0. The van der Waals surface area contributed by atoms with Crippen LogP contribution in [0.2, 0.25) is 0 Å². The summed E-state index contributed by atoms with van der Waals surface area (Å²) < 4.78 is 2.14. The van der Waals surface area contributed by atoms with Crippen LogP contribution < -0.4 is 5.32 Å². The molecule has 0 amide bonds. The number of hydrogen-bond donors (Lipinski definition) is 2. The lowest BCUT2D eigenvalue weighted by Gasteiger charge is -2.38. The van der Waals surface area contributed by atoms with E-state index in [0.29, 0.717) is 11.7 Å².